The van der Waals surface area contributed by atoms with Crippen molar-refractivity contribution < 1.29 is 4.74 Å². The number of hydrogen-bond acceptors (Lipinski definition) is 3. The summed E-state index contributed by atoms with van der Waals surface area (Å²) < 4.78 is 6.55. The quantitative estimate of drug-likeness (QED) is 0.299. The van der Waals surface area contributed by atoms with E-state index in [-0.39, 0.29) is 0 Å². The summed E-state index contributed by atoms with van der Waals surface area (Å²) >= 11 is 3.50. The van der Waals surface area contributed by atoms with Crippen LogP contribution in [0, 0.1) is 6.92 Å². The average molecular weight is 354 g/mol. The van der Waals surface area contributed by atoms with Crippen LogP contribution in [-0.2, 0) is 0 Å². The number of aromatic nitrogens is 1. The maximum atomic E-state index is 5.71. The topological polar surface area (TPSA) is 37.7 Å². The summed E-state index contributed by atoms with van der Waals surface area (Å²) in [5.41, 5.74) is 1.71. The van der Waals surface area contributed by atoms with Gasteiger partial charge < -0.3 is 9.64 Å². The molecule has 0 fully saturated rings. The molecule has 0 spiro atoms. The van der Waals surface area contributed by atoms with E-state index < -0.39 is 0 Å². The van der Waals surface area contributed by atoms with Gasteiger partial charge in [-0.3, -0.25) is 0 Å². The number of unbranched alkanes of at least 4 members (excludes halogenated alkanes) is 1. The molecule has 1 aromatic heterocycles. The molecular weight excluding hydrogens is 330 g/mol. The summed E-state index contributed by atoms with van der Waals surface area (Å²) in [5, 5.41) is 0. The Morgan fingerprint density at radius 3 is 2.90 bits per heavy atom. The molecule has 0 aliphatic carbocycles. The van der Waals surface area contributed by atoms with Gasteiger partial charge in [0.25, 0.3) is 0 Å². The van der Waals surface area contributed by atoms with Crippen molar-refractivity contribution in [1.82, 2.24) is 9.88 Å². The minimum atomic E-state index is 0.635. The number of rotatable bonds is 8. The first-order valence-electron chi connectivity index (χ1n) is 7.24. The zero-order valence-electron chi connectivity index (χ0n) is 13.3. The fourth-order valence-corrected chi connectivity index (χ4v) is 1.98. The molecule has 0 atom stereocenters. The highest BCUT2D eigenvalue weighted by Gasteiger charge is 2.08. The van der Waals surface area contributed by atoms with Crippen molar-refractivity contribution in [3.63, 3.8) is 0 Å². The second kappa shape index (κ2) is 9.55. The van der Waals surface area contributed by atoms with Crippen molar-refractivity contribution in [3.8, 4) is 5.88 Å². The zero-order valence-corrected chi connectivity index (χ0v) is 14.9. The van der Waals surface area contributed by atoms with Gasteiger partial charge in [-0.15, -0.1) is 0 Å². The first-order valence-corrected chi connectivity index (χ1v) is 8.03. The largest absolute Gasteiger partial charge is 0.477 e. The summed E-state index contributed by atoms with van der Waals surface area (Å²) in [7, 11) is 1.99. The third kappa shape index (κ3) is 6.29. The molecule has 0 saturated carbocycles. The van der Waals surface area contributed by atoms with Gasteiger partial charge in [-0.1, -0.05) is 12.2 Å². The minimum Gasteiger partial charge on any atom is -0.477 e. The number of hydrogen-bond donors (Lipinski definition) is 0. The van der Waals surface area contributed by atoms with E-state index in [4.69, 9.17) is 4.74 Å². The Morgan fingerprint density at radius 1 is 1.48 bits per heavy atom. The summed E-state index contributed by atoms with van der Waals surface area (Å²) in [6.45, 7) is 7.63. The molecule has 0 N–H and O–H groups in total. The molecule has 0 unspecified atom stereocenters. The number of pyridine rings is 1. The van der Waals surface area contributed by atoms with Crippen molar-refractivity contribution in [2.75, 3.05) is 20.2 Å². The lowest BCUT2D eigenvalue weighted by Gasteiger charge is -2.11. The van der Waals surface area contributed by atoms with Gasteiger partial charge in [0.2, 0.25) is 5.88 Å². The van der Waals surface area contributed by atoms with Crippen molar-refractivity contribution in [1.29, 1.82) is 0 Å². The van der Waals surface area contributed by atoms with E-state index in [1.54, 1.807) is 0 Å². The van der Waals surface area contributed by atoms with Gasteiger partial charge in [0.1, 0.15) is 0 Å². The van der Waals surface area contributed by atoms with Gasteiger partial charge in [-0.2, -0.15) is 0 Å². The first kappa shape index (κ1) is 17.7. The summed E-state index contributed by atoms with van der Waals surface area (Å²) in [6, 6.07) is 1.95. The van der Waals surface area contributed by atoms with E-state index in [2.05, 4.69) is 45.0 Å². The second-order valence-electron chi connectivity index (χ2n) is 4.76. The van der Waals surface area contributed by atoms with Crippen LogP contribution >= 0.6 is 15.9 Å². The summed E-state index contributed by atoms with van der Waals surface area (Å²) in [5.74, 6) is 0.635. The molecule has 5 heteroatoms. The maximum absolute atomic E-state index is 5.71. The predicted octanol–water partition coefficient (Wildman–Crippen LogP) is 4.50. The normalized spacial score (nSPS) is 11.5. The van der Waals surface area contributed by atoms with Crippen LogP contribution in [0.2, 0.25) is 0 Å². The highest BCUT2D eigenvalue weighted by Crippen LogP contribution is 2.29. The number of aryl methyl sites for hydroxylation is 1. The van der Waals surface area contributed by atoms with Crippen molar-refractivity contribution in [2.45, 2.75) is 33.6 Å². The van der Waals surface area contributed by atoms with Crippen LogP contribution < -0.4 is 4.74 Å². The summed E-state index contributed by atoms with van der Waals surface area (Å²) in [4.78, 5) is 10.9. The molecule has 1 aromatic rings. The lowest BCUT2D eigenvalue weighted by Crippen LogP contribution is -2.14. The molecule has 116 valence electrons. The third-order valence-electron chi connectivity index (χ3n) is 2.99. The van der Waals surface area contributed by atoms with Crippen LogP contribution in [0.25, 0.3) is 0 Å². The zero-order chi connectivity index (χ0) is 15.7. The van der Waals surface area contributed by atoms with E-state index in [9.17, 15) is 0 Å². The second-order valence-corrected chi connectivity index (χ2v) is 5.61. The third-order valence-corrected chi connectivity index (χ3v) is 3.56. The standard InChI is InChI=1S/C16H24BrN3O/c1-5-7-8-9-10-21-16-14(17)11-15(13(3)19-16)18-12-20(4)6-2/h5,7,11-12H,6,8-10H2,1-4H3/b7-5-,18-12+. The van der Waals surface area contributed by atoms with E-state index in [0.717, 1.165) is 35.2 Å². The SMILES string of the molecule is C/C=C\CCCOc1nc(C)c(/N=C/N(C)CC)cc1Br. The Morgan fingerprint density at radius 2 is 2.24 bits per heavy atom. The van der Waals surface area contributed by atoms with Gasteiger partial charge in [0.05, 0.1) is 28.8 Å². The molecule has 0 saturated heterocycles. The van der Waals surface area contributed by atoms with Gasteiger partial charge >= 0.3 is 0 Å². The monoisotopic (exact) mass is 353 g/mol. The number of halogens is 1. The Kier molecular flexibility index (Phi) is 8.05. The fourth-order valence-electron chi connectivity index (χ4n) is 1.56. The van der Waals surface area contributed by atoms with Gasteiger partial charge in [0.15, 0.2) is 0 Å². The fraction of sp³-hybridized carbons (Fsp3) is 0.500. The van der Waals surface area contributed by atoms with E-state index in [0.29, 0.717) is 12.5 Å². The first-order chi connectivity index (χ1) is 10.1. The van der Waals surface area contributed by atoms with Crippen molar-refractivity contribution in [2.24, 2.45) is 4.99 Å². The molecule has 0 aromatic carbocycles. The molecular formula is C16H24BrN3O. The number of ether oxygens (including phenoxy) is 1. The molecule has 0 radical (unpaired) electrons. The highest BCUT2D eigenvalue weighted by atomic mass is 79.9. The number of allylic oxidation sites excluding steroid dienone is 2. The highest BCUT2D eigenvalue weighted by molar-refractivity contribution is 9.10. The van der Waals surface area contributed by atoms with Crippen LogP contribution in [0.3, 0.4) is 0 Å². The molecule has 1 heterocycles. The van der Waals surface area contributed by atoms with Gasteiger partial charge in [0, 0.05) is 13.6 Å². The Hall–Kier alpha value is -1.36. The Balaban J connectivity index is 2.68. The average Bonchev–Trinajstić information content (AvgIpc) is 2.48. The van der Waals surface area contributed by atoms with Crippen LogP contribution in [0.4, 0.5) is 5.69 Å². The van der Waals surface area contributed by atoms with Crippen LogP contribution in [0.15, 0.2) is 27.7 Å². The van der Waals surface area contributed by atoms with Crippen LogP contribution in [-0.4, -0.2) is 36.4 Å². The van der Waals surface area contributed by atoms with Crippen LogP contribution in [0.5, 0.6) is 5.88 Å². The predicted molar refractivity (Wildman–Crippen MR) is 92.7 cm³/mol. The molecule has 0 amide bonds. The molecule has 1 rings (SSSR count). The molecule has 4 nitrogen and oxygen atoms in total. The summed E-state index contributed by atoms with van der Waals surface area (Å²) in [6.07, 6.45) is 8.02. The number of aliphatic imine (C=N–C) groups is 1. The van der Waals surface area contributed by atoms with Crippen LogP contribution in [0.1, 0.15) is 32.4 Å². The molecule has 0 bridgehead atoms. The smallest absolute Gasteiger partial charge is 0.228 e. The Bertz CT molecular complexity index is 501. The Labute approximate surface area is 136 Å². The molecule has 0 aliphatic heterocycles. The van der Waals surface area contributed by atoms with Crippen molar-refractivity contribution in [3.05, 3.63) is 28.4 Å². The van der Waals surface area contributed by atoms with E-state index in [1.165, 1.54) is 0 Å². The lowest BCUT2D eigenvalue weighted by atomic mass is 10.3. The molecule has 21 heavy (non-hydrogen) atoms. The maximum Gasteiger partial charge on any atom is 0.228 e. The molecule has 0 aliphatic rings. The van der Waals surface area contributed by atoms with Gasteiger partial charge in [-0.05, 0) is 55.6 Å². The van der Waals surface area contributed by atoms with Gasteiger partial charge in [-0.25, -0.2) is 9.98 Å². The lowest BCUT2D eigenvalue weighted by molar-refractivity contribution is 0.298. The van der Waals surface area contributed by atoms with Crippen molar-refractivity contribution >= 4 is 28.0 Å². The van der Waals surface area contributed by atoms with E-state index in [1.807, 2.05) is 38.2 Å². The number of nitrogens with zero attached hydrogens (tertiary/aromatic N) is 3. The minimum absolute atomic E-state index is 0.635. The van der Waals surface area contributed by atoms with E-state index >= 15 is 0 Å².